The minimum absolute atomic E-state index is 0.0948. The van der Waals surface area contributed by atoms with Gasteiger partial charge in [-0.25, -0.2) is 4.98 Å². The van der Waals surface area contributed by atoms with Gasteiger partial charge in [0.25, 0.3) is 0 Å². The second-order valence-electron chi connectivity index (χ2n) is 6.54. The molecule has 1 N–H and O–H groups in total. The number of aromatic nitrogens is 2. The smallest absolute Gasteiger partial charge is 0.244 e. The maximum Gasteiger partial charge on any atom is 0.244 e. The van der Waals surface area contributed by atoms with Crippen molar-refractivity contribution in [2.45, 2.75) is 13.0 Å². The van der Waals surface area contributed by atoms with E-state index in [1.807, 2.05) is 71.3 Å². The lowest BCUT2D eigenvalue weighted by atomic mass is 10.1. The summed E-state index contributed by atoms with van der Waals surface area (Å²) in [6.45, 7) is 0.203. The normalized spacial score (nSPS) is 10.8. The highest BCUT2D eigenvalue weighted by atomic mass is 16.5. The second-order valence-corrected chi connectivity index (χ2v) is 6.54. The first-order valence-corrected chi connectivity index (χ1v) is 9.15. The highest BCUT2D eigenvalue weighted by Crippen LogP contribution is 2.20. The van der Waals surface area contributed by atoms with Gasteiger partial charge in [-0.05, 0) is 42.0 Å². The molecular formula is C23H21N3O2. The van der Waals surface area contributed by atoms with Crippen LogP contribution in [0.3, 0.4) is 0 Å². The minimum atomic E-state index is -0.0948. The minimum Gasteiger partial charge on any atom is -0.497 e. The maximum atomic E-state index is 12.7. The molecule has 0 aliphatic rings. The largest absolute Gasteiger partial charge is 0.497 e. The van der Waals surface area contributed by atoms with Crippen LogP contribution in [0, 0.1) is 0 Å². The Morgan fingerprint density at radius 1 is 0.964 bits per heavy atom. The van der Waals surface area contributed by atoms with Crippen molar-refractivity contribution in [2.24, 2.45) is 0 Å². The van der Waals surface area contributed by atoms with E-state index in [4.69, 9.17) is 9.72 Å². The summed E-state index contributed by atoms with van der Waals surface area (Å²) in [5.41, 5.74) is 3.75. The van der Waals surface area contributed by atoms with Gasteiger partial charge in [-0.3, -0.25) is 4.79 Å². The summed E-state index contributed by atoms with van der Waals surface area (Å²) in [5, 5.41) is 2.94. The van der Waals surface area contributed by atoms with Gasteiger partial charge < -0.3 is 14.6 Å². The summed E-state index contributed by atoms with van der Waals surface area (Å²) < 4.78 is 7.14. The van der Waals surface area contributed by atoms with Crippen LogP contribution in [-0.4, -0.2) is 22.6 Å². The van der Waals surface area contributed by atoms with Crippen LogP contribution in [0.4, 0.5) is 5.69 Å². The summed E-state index contributed by atoms with van der Waals surface area (Å²) >= 11 is 0. The van der Waals surface area contributed by atoms with E-state index < -0.39 is 0 Å². The molecule has 1 aromatic heterocycles. The Bertz CT molecular complexity index is 1090. The third kappa shape index (κ3) is 3.88. The fraction of sp³-hybridized carbons (Fsp3) is 0.130. The molecule has 5 heteroatoms. The Balaban J connectivity index is 1.59. The number of methoxy groups -OCH3 is 1. The Labute approximate surface area is 163 Å². The lowest BCUT2D eigenvalue weighted by molar-refractivity contribution is -0.116. The number of hydrogen-bond acceptors (Lipinski definition) is 3. The van der Waals surface area contributed by atoms with Crippen molar-refractivity contribution < 1.29 is 9.53 Å². The van der Waals surface area contributed by atoms with Crippen LogP contribution in [0.15, 0.2) is 78.9 Å². The van der Waals surface area contributed by atoms with E-state index in [0.717, 1.165) is 33.9 Å². The van der Waals surface area contributed by atoms with Gasteiger partial charge in [0.05, 0.1) is 18.1 Å². The number of rotatable bonds is 6. The average molecular weight is 371 g/mol. The monoisotopic (exact) mass is 371 g/mol. The van der Waals surface area contributed by atoms with Crippen molar-refractivity contribution in [3.05, 3.63) is 90.3 Å². The molecular weight excluding hydrogens is 350 g/mol. The molecule has 4 rings (SSSR count). The van der Waals surface area contributed by atoms with E-state index in [0.29, 0.717) is 6.42 Å². The lowest BCUT2D eigenvalue weighted by Crippen LogP contribution is -2.20. The first-order chi connectivity index (χ1) is 13.7. The number of anilines is 1. The summed E-state index contributed by atoms with van der Waals surface area (Å²) in [4.78, 5) is 17.4. The van der Waals surface area contributed by atoms with Gasteiger partial charge in [0.1, 0.15) is 18.1 Å². The Hall–Kier alpha value is -3.60. The maximum absolute atomic E-state index is 12.7. The number of ether oxygens (including phenoxy) is 1. The van der Waals surface area contributed by atoms with Gasteiger partial charge in [0, 0.05) is 12.1 Å². The topological polar surface area (TPSA) is 56.1 Å². The Kier molecular flexibility index (Phi) is 5.06. The quantitative estimate of drug-likeness (QED) is 0.551. The van der Waals surface area contributed by atoms with Gasteiger partial charge >= 0.3 is 0 Å². The van der Waals surface area contributed by atoms with Crippen LogP contribution in [-0.2, 0) is 17.8 Å². The number of fused-ring (bicyclic) bond motifs is 1. The number of carbonyl (C=O) groups is 1. The Morgan fingerprint density at radius 2 is 1.68 bits per heavy atom. The molecule has 28 heavy (non-hydrogen) atoms. The third-order valence-corrected chi connectivity index (χ3v) is 4.61. The van der Waals surface area contributed by atoms with Gasteiger partial charge in [-0.2, -0.15) is 0 Å². The standard InChI is InChI=1S/C23H21N3O2/c1-28-19-13-11-18(12-14-19)24-23(27)16-26-21-10-6-5-9-20(21)25-22(26)15-17-7-3-2-4-8-17/h2-14H,15-16H2,1H3,(H,24,27). The summed E-state index contributed by atoms with van der Waals surface area (Å²) in [7, 11) is 1.62. The van der Waals surface area contributed by atoms with Crippen molar-refractivity contribution in [1.29, 1.82) is 0 Å². The third-order valence-electron chi connectivity index (χ3n) is 4.61. The zero-order chi connectivity index (χ0) is 19.3. The van der Waals surface area contributed by atoms with Crippen molar-refractivity contribution in [3.8, 4) is 5.75 Å². The molecule has 0 spiro atoms. The number of imidazole rings is 1. The van der Waals surface area contributed by atoms with E-state index >= 15 is 0 Å². The molecule has 140 valence electrons. The lowest BCUT2D eigenvalue weighted by Gasteiger charge is -2.11. The Morgan fingerprint density at radius 3 is 2.43 bits per heavy atom. The fourth-order valence-corrected chi connectivity index (χ4v) is 3.23. The van der Waals surface area contributed by atoms with E-state index in [1.165, 1.54) is 0 Å². The van der Waals surface area contributed by atoms with Crippen LogP contribution >= 0.6 is 0 Å². The van der Waals surface area contributed by atoms with E-state index in [-0.39, 0.29) is 12.5 Å². The van der Waals surface area contributed by atoms with Gasteiger partial charge in [-0.15, -0.1) is 0 Å². The molecule has 0 saturated carbocycles. The molecule has 0 atom stereocenters. The molecule has 0 aliphatic heterocycles. The predicted octanol–water partition coefficient (Wildman–Crippen LogP) is 4.27. The molecule has 0 bridgehead atoms. The molecule has 1 heterocycles. The molecule has 0 saturated heterocycles. The molecule has 3 aromatic carbocycles. The van der Waals surface area contributed by atoms with E-state index in [9.17, 15) is 4.79 Å². The number of hydrogen-bond donors (Lipinski definition) is 1. The van der Waals surface area contributed by atoms with Crippen LogP contribution < -0.4 is 10.1 Å². The average Bonchev–Trinajstić information content (AvgIpc) is 3.06. The van der Waals surface area contributed by atoms with Crippen molar-refractivity contribution in [2.75, 3.05) is 12.4 Å². The number of para-hydroxylation sites is 2. The van der Waals surface area contributed by atoms with Crippen molar-refractivity contribution in [1.82, 2.24) is 9.55 Å². The van der Waals surface area contributed by atoms with Crippen LogP contribution in [0.25, 0.3) is 11.0 Å². The zero-order valence-electron chi connectivity index (χ0n) is 15.6. The van der Waals surface area contributed by atoms with Crippen molar-refractivity contribution in [3.63, 3.8) is 0 Å². The second kappa shape index (κ2) is 7.96. The molecule has 0 fully saturated rings. The molecule has 0 unspecified atom stereocenters. The number of carbonyl (C=O) groups excluding carboxylic acids is 1. The highest BCUT2D eigenvalue weighted by Gasteiger charge is 2.14. The fourth-order valence-electron chi connectivity index (χ4n) is 3.23. The molecule has 4 aromatic rings. The molecule has 0 radical (unpaired) electrons. The summed E-state index contributed by atoms with van der Waals surface area (Å²) in [6, 6.07) is 25.4. The van der Waals surface area contributed by atoms with Crippen molar-refractivity contribution >= 4 is 22.6 Å². The highest BCUT2D eigenvalue weighted by molar-refractivity contribution is 5.91. The van der Waals surface area contributed by atoms with Crippen LogP contribution in [0.5, 0.6) is 5.75 Å². The molecule has 0 aliphatic carbocycles. The first-order valence-electron chi connectivity index (χ1n) is 9.15. The van der Waals surface area contributed by atoms with E-state index in [1.54, 1.807) is 7.11 Å². The van der Waals surface area contributed by atoms with Crippen LogP contribution in [0.1, 0.15) is 11.4 Å². The summed E-state index contributed by atoms with van der Waals surface area (Å²) in [5.74, 6) is 1.53. The number of nitrogens with one attached hydrogen (secondary N) is 1. The van der Waals surface area contributed by atoms with Crippen LogP contribution in [0.2, 0.25) is 0 Å². The zero-order valence-corrected chi connectivity index (χ0v) is 15.6. The number of benzene rings is 3. The predicted molar refractivity (Wildman–Crippen MR) is 111 cm³/mol. The SMILES string of the molecule is COc1ccc(NC(=O)Cn2c(Cc3ccccc3)nc3ccccc32)cc1. The number of amides is 1. The van der Waals surface area contributed by atoms with Gasteiger partial charge in [0.15, 0.2) is 0 Å². The number of nitrogens with zero attached hydrogens (tertiary/aromatic N) is 2. The van der Waals surface area contributed by atoms with E-state index in [2.05, 4.69) is 17.4 Å². The first kappa shape index (κ1) is 17.8. The molecule has 1 amide bonds. The molecule has 5 nitrogen and oxygen atoms in total. The van der Waals surface area contributed by atoms with Gasteiger partial charge in [-0.1, -0.05) is 42.5 Å². The summed E-state index contributed by atoms with van der Waals surface area (Å²) in [6.07, 6.45) is 0.672. The van der Waals surface area contributed by atoms with Gasteiger partial charge in [0.2, 0.25) is 5.91 Å².